The Labute approximate surface area is 125 Å². The van der Waals surface area contributed by atoms with E-state index < -0.39 is 0 Å². The predicted octanol–water partition coefficient (Wildman–Crippen LogP) is 2.29. The Bertz CT molecular complexity index is 437. The number of aryl methyl sites for hydroxylation is 1. The van der Waals surface area contributed by atoms with Gasteiger partial charge in [-0.05, 0) is 44.2 Å². The maximum absolute atomic E-state index is 11.9. The first-order valence-corrected chi connectivity index (χ1v) is 8.14. The van der Waals surface area contributed by atoms with Crippen molar-refractivity contribution in [1.82, 2.24) is 10.2 Å². The quantitative estimate of drug-likeness (QED) is 0.848. The van der Waals surface area contributed by atoms with Crippen LogP contribution in [0.4, 0.5) is 0 Å². The number of morpholine rings is 1. The summed E-state index contributed by atoms with van der Waals surface area (Å²) in [5.74, 6) is 0.0567. The van der Waals surface area contributed by atoms with E-state index in [0.717, 1.165) is 43.0 Å². The third kappa shape index (κ3) is 4.30. The molecule has 2 heterocycles. The van der Waals surface area contributed by atoms with Crippen LogP contribution in [0.2, 0.25) is 0 Å². The zero-order chi connectivity index (χ0) is 14.5. The van der Waals surface area contributed by atoms with Crippen molar-refractivity contribution in [2.24, 2.45) is 0 Å². The van der Waals surface area contributed by atoms with Gasteiger partial charge in [0, 0.05) is 26.2 Å². The van der Waals surface area contributed by atoms with Gasteiger partial charge in [0.1, 0.15) is 0 Å². The fourth-order valence-electron chi connectivity index (χ4n) is 2.66. The van der Waals surface area contributed by atoms with Crippen molar-refractivity contribution in [3.05, 3.63) is 21.9 Å². The number of nitrogens with one attached hydrogen (secondary N) is 1. The number of amides is 1. The minimum atomic E-state index is 0.0567. The largest absolute Gasteiger partial charge is 0.373 e. The molecule has 1 amide bonds. The molecule has 2 unspecified atom stereocenters. The van der Waals surface area contributed by atoms with Crippen LogP contribution in [0.5, 0.6) is 0 Å². The second-order valence-electron chi connectivity index (χ2n) is 5.56. The molecule has 1 N–H and O–H groups in total. The average molecular weight is 296 g/mol. The highest BCUT2D eigenvalue weighted by Crippen LogP contribution is 2.15. The summed E-state index contributed by atoms with van der Waals surface area (Å²) in [5.41, 5.74) is 1.06. The molecule has 0 saturated carbocycles. The van der Waals surface area contributed by atoms with E-state index in [-0.39, 0.29) is 5.91 Å². The van der Waals surface area contributed by atoms with E-state index in [1.165, 1.54) is 11.3 Å². The van der Waals surface area contributed by atoms with Gasteiger partial charge in [0.05, 0.1) is 17.1 Å². The first-order chi connectivity index (χ1) is 9.56. The molecule has 1 aromatic heterocycles. The smallest absolute Gasteiger partial charge is 0.261 e. The van der Waals surface area contributed by atoms with E-state index in [1.54, 1.807) is 0 Å². The maximum Gasteiger partial charge on any atom is 0.261 e. The van der Waals surface area contributed by atoms with Gasteiger partial charge in [-0.3, -0.25) is 9.69 Å². The number of nitrogens with zero attached hydrogens (tertiary/aromatic N) is 1. The van der Waals surface area contributed by atoms with Crippen LogP contribution in [-0.2, 0) is 4.74 Å². The topological polar surface area (TPSA) is 41.6 Å². The van der Waals surface area contributed by atoms with Crippen molar-refractivity contribution >= 4 is 17.2 Å². The van der Waals surface area contributed by atoms with Crippen LogP contribution in [-0.4, -0.2) is 49.2 Å². The van der Waals surface area contributed by atoms with E-state index in [4.69, 9.17) is 4.74 Å². The van der Waals surface area contributed by atoms with Crippen LogP contribution in [0, 0.1) is 6.92 Å². The lowest BCUT2D eigenvalue weighted by molar-refractivity contribution is -0.0679. The third-order valence-corrected chi connectivity index (χ3v) is 4.52. The minimum absolute atomic E-state index is 0.0567. The van der Waals surface area contributed by atoms with Gasteiger partial charge in [-0.25, -0.2) is 0 Å². The highest BCUT2D eigenvalue weighted by atomic mass is 32.1. The van der Waals surface area contributed by atoms with Crippen molar-refractivity contribution in [3.63, 3.8) is 0 Å². The van der Waals surface area contributed by atoms with Crippen LogP contribution in [0.3, 0.4) is 0 Å². The summed E-state index contributed by atoms with van der Waals surface area (Å²) in [6.45, 7) is 9.93. The predicted molar refractivity (Wildman–Crippen MR) is 82.5 cm³/mol. The third-order valence-electron chi connectivity index (χ3n) is 3.50. The molecule has 1 aliphatic rings. The molecule has 0 radical (unpaired) electrons. The van der Waals surface area contributed by atoms with Gasteiger partial charge in [-0.1, -0.05) is 0 Å². The second-order valence-corrected chi connectivity index (χ2v) is 6.48. The molecule has 5 heteroatoms. The molecule has 0 bridgehead atoms. The summed E-state index contributed by atoms with van der Waals surface area (Å²) in [6, 6.07) is 1.98. The molecule has 1 aliphatic heterocycles. The molecule has 1 saturated heterocycles. The number of rotatable bonds is 5. The van der Waals surface area contributed by atoms with Crippen molar-refractivity contribution in [3.8, 4) is 0 Å². The minimum Gasteiger partial charge on any atom is -0.373 e. The number of carbonyl (C=O) groups is 1. The molecule has 0 aliphatic carbocycles. The lowest BCUT2D eigenvalue weighted by atomic mass is 10.2. The van der Waals surface area contributed by atoms with Crippen molar-refractivity contribution < 1.29 is 9.53 Å². The van der Waals surface area contributed by atoms with E-state index in [1.807, 2.05) is 18.4 Å². The zero-order valence-corrected chi connectivity index (χ0v) is 13.3. The summed E-state index contributed by atoms with van der Waals surface area (Å²) in [7, 11) is 0. The van der Waals surface area contributed by atoms with Crippen LogP contribution in [0.1, 0.15) is 35.5 Å². The standard InChI is InChI=1S/C15H24N2O2S/c1-11-5-8-20-14(11)15(18)16-6-4-7-17-9-12(2)19-13(3)10-17/h5,8,12-13H,4,6-7,9-10H2,1-3H3,(H,16,18). The Morgan fingerprint density at radius 2 is 2.15 bits per heavy atom. The van der Waals surface area contributed by atoms with Gasteiger partial charge in [-0.2, -0.15) is 0 Å². The van der Waals surface area contributed by atoms with Crippen molar-refractivity contribution in [1.29, 1.82) is 0 Å². The number of ether oxygens (including phenoxy) is 1. The first kappa shape index (κ1) is 15.5. The Balaban J connectivity index is 1.66. The lowest BCUT2D eigenvalue weighted by Crippen LogP contribution is -2.46. The molecule has 4 nitrogen and oxygen atoms in total. The van der Waals surface area contributed by atoms with Gasteiger partial charge in [0.15, 0.2) is 0 Å². The van der Waals surface area contributed by atoms with Crippen LogP contribution in [0.15, 0.2) is 11.4 Å². The van der Waals surface area contributed by atoms with Gasteiger partial charge in [-0.15, -0.1) is 11.3 Å². The van der Waals surface area contributed by atoms with Gasteiger partial charge >= 0.3 is 0 Å². The van der Waals surface area contributed by atoms with Gasteiger partial charge in [0.2, 0.25) is 0 Å². The Morgan fingerprint density at radius 1 is 1.45 bits per heavy atom. The first-order valence-electron chi connectivity index (χ1n) is 7.26. The molecule has 1 fully saturated rings. The molecule has 2 rings (SSSR count). The Kier molecular flexibility index (Phi) is 5.57. The Hall–Kier alpha value is -0.910. The highest BCUT2D eigenvalue weighted by Gasteiger charge is 2.21. The fourth-order valence-corrected chi connectivity index (χ4v) is 3.50. The van der Waals surface area contributed by atoms with E-state index in [0.29, 0.717) is 12.2 Å². The second kappa shape index (κ2) is 7.20. The van der Waals surface area contributed by atoms with E-state index in [2.05, 4.69) is 24.1 Å². The fraction of sp³-hybridized carbons (Fsp3) is 0.667. The monoisotopic (exact) mass is 296 g/mol. The van der Waals surface area contributed by atoms with Gasteiger partial charge in [0.25, 0.3) is 5.91 Å². The average Bonchev–Trinajstić information content (AvgIpc) is 2.79. The summed E-state index contributed by atoms with van der Waals surface area (Å²) >= 11 is 1.51. The van der Waals surface area contributed by atoms with Crippen molar-refractivity contribution in [2.75, 3.05) is 26.2 Å². The Morgan fingerprint density at radius 3 is 2.75 bits per heavy atom. The molecule has 112 valence electrons. The number of thiophene rings is 1. The summed E-state index contributed by atoms with van der Waals surface area (Å²) in [6.07, 6.45) is 1.60. The highest BCUT2D eigenvalue weighted by molar-refractivity contribution is 7.12. The summed E-state index contributed by atoms with van der Waals surface area (Å²) in [4.78, 5) is 15.2. The molecule has 0 aromatic carbocycles. The summed E-state index contributed by atoms with van der Waals surface area (Å²) < 4.78 is 5.71. The van der Waals surface area contributed by atoms with Crippen LogP contribution < -0.4 is 5.32 Å². The van der Waals surface area contributed by atoms with Gasteiger partial charge < -0.3 is 10.1 Å². The maximum atomic E-state index is 11.9. The van der Waals surface area contributed by atoms with Crippen molar-refractivity contribution in [2.45, 2.75) is 39.4 Å². The normalized spacial score (nSPS) is 23.8. The molecule has 20 heavy (non-hydrogen) atoms. The SMILES string of the molecule is Cc1ccsc1C(=O)NCCCN1CC(C)OC(C)C1. The molecule has 1 aromatic rings. The number of hydrogen-bond acceptors (Lipinski definition) is 4. The van der Waals surface area contributed by atoms with Crippen LogP contribution >= 0.6 is 11.3 Å². The van der Waals surface area contributed by atoms with E-state index in [9.17, 15) is 4.79 Å². The summed E-state index contributed by atoms with van der Waals surface area (Å²) in [5, 5.41) is 4.96. The molecular formula is C15H24N2O2S. The molecule has 2 atom stereocenters. The number of hydrogen-bond donors (Lipinski definition) is 1. The number of carbonyl (C=O) groups excluding carboxylic acids is 1. The van der Waals surface area contributed by atoms with E-state index >= 15 is 0 Å². The lowest BCUT2D eigenvalue weighted by Gasteiger charge is -2.35. The zero-order valence-electron chi connectivity index (χ0n) is 12.5. The molecular weight excluding hydrogens is 272 g/mol. The molecule has 0 spiro atoms. The van der Waals surface area contributed by atoms with Crippen LogP contribution in [0.25, 0.3) is 0 Å².